The molecular weight excluding hydrogens is 481 g/mol. The molecule has 0 aliphatic rings. The van der Waals surface area contributed by atoms with E-state index >= 15 is 0 Å². The van der Waals surface area contributed by atoms with Gasteiger partial charge in [-0.1, -0.05) is 48.3 Å². The van der Waals surface area contributed by atoms with Gasteiger partial charge >= 0.3 is 5.97 Å². The van der Waals surface area contributed by atoms with E-state index in [1.165, 1.54) is 11.3 Å². The maximum atomic E-state index is 11.2. The minimum atomic E-state index is -0.923. The average molecular weight is 502 g/mol. The summed E-state index contributed by atoms with van der Waals surface area (Å²) < 4.78 is 11.8. The number of rotatable bonds is 7. The van der Waals surface area contributed by atoms with Crippen LogP contribution >= 0.6 is 34.5 Å². The fourth-order valence-corrected chi connectivity index (χ4v) is 5.10. The molecule has 4 rings (SSSR count). The van der Waals surface area contributed by atoms with Crippen LogP contribution in [-0.2, 0) is 6.61 Å². The van der Waals surface area contributed by atoms with Crippen LogP contribution in [0.3, 0.4) is 0 Å². The summed E-state index contributed by atoms with van der Waals surface area (Å²) in [6.45, 7) is 6.24. The molecule has 0 bridgehead atoms. The first-order valence-electron chi connectivity index (χ1n) is 10.3. The van der Waals surface area contributed by atoms with Crippen LogP contribution in [0.15, 0.2) is 53.1 Å². The zero-order valence-corrected chi connectivity index (χ0v) is 20.5. The van der Waals surface area contributed by atoms with E-state index in [0.717, 1.165) is 21.6 Å². The normalized spacial score (nSPS) is 11.2. The Kier molecular flexibility index (Phi) is 6.79. The van der Waals surface area contributed by atoms with E-state index < -0.39 is 5.97 Å². The van der Waals surface area contributed by atoms with Gasteiger partial charge in [0.25, 0.3) is 0 Å². The molecular formula is C25H21Cl2NO4S. The molecule has 2 aromatic carbocycles. The minimum Gasteiger partial charge on any atom is -0.489 e. The summed E-state index contributed by atoms with van der Waals surface area (Å²) in [5.41, 5.74) is 3.94. The zero-order valence-electron chi connectivity index (χ0n) is 18.2. The number of hydrogen-bond acceptors (Lipinski definition) is 5. The van der Waals surface area contributed by atoms with Crippen LogP contribution in [0.2, 0.25) is 10.0 Å². The van der Waals surface area contributed by atoms with E-state index in [2.05, 4.69) is 5.16 Å². The van der Waals surface area contributed by atoms with Crippen LogP contribution in [-0.4, -0.2) is 16.2 Å². The molecule has 0 aliphatic carbocycles. The predicted octanol–water partition coefficient (Wildman–Crippen LogP) is 8.09. The van der Waals surface area contributed by atoms with E-state index in [0.29, 0.717) is 37.7 Å². The number of aromatic carboxylic acids is 1. The van der Waals surface area contributed by atoms with E-state index in [4.69, 9.17) is 32.5 Å². The standard InChI is InChI=1S/C25H21Cl2NO4S/c1-13(2)24-17(23(28-32-24)22-18(26)5-4-6-19(22)27)12-31-15-7-8-16(14(3)11-15)20-9-10-21(33-20)25(29)30/h4-11,13H,12H2,1-3H3,(H,29,30). The molecule has 0 spiro atoms. The molecule has 0 amide bonds. The van der Waals surface area contributed by atoms with E-state index in [-0.39, 0.29) is 12.5 Å². The Morgan fingerprint density at radius 2 is 1.88 bits per heavy atom. The second-order valence-corrected chi connectivity index (χ2v) is 9.76. The van der Waals surface area contributed by atoms with Gasteiger partial charge in [-0.15, -0.1) is 11.3 Å². The lowest BCUT2D eigenvalue weighted by molar-refractivity contribution is 0.0702. The van der Waals surface area contributed by atoms with Gasteiger partial charge in [-0.2, -0.15) is 0 Å². The molecule has 33 heavy (non-hydrogen) atoms. The van der Waals surface area contributed by atoms with Crippen molar-refractivity contribution in [1.82, 2.24) is 5.16 Å². The summed E-state index contributed by atoms with van der Waals surface area (Å²) in [5, 5.41) is 14.4. The summed E-state index contributed by atoms with van der Waals surface area (Å²) in [6, 6.07) is 14.5. The zero-order chi connectivity index (χ0) is 23.7. The number of halogens is 2. The SMILES string of the molecule is Cc1cc(OCc2c(-c3c(Cl)cccc3Cl)noc2C(C)C)ccc1-c1ccc(C(=O)O)s1. The molecule has 4 aromatic rings. The molecule has 0 saturated heterocycles. The average Bonchev–Trinajstić information content (AvgIpc) is 3.40. The van der Waals surface area contributed by atoms with Crippen LogP contribution in [0.1, 0.15) is 46.3 Å². The lowest BCUT2D eigenvalue weighted by Crippen LogP contribution is -2.01. The lowest BCUT2D eigenvalue weighted by Gasteiger charge is -2.12. The first-order valence-corrected chi connectivity index (χ1v) is 11.8. The smallest absolute Gasteiger partial charge is 0.345 e. The maximum absolute atomic E-state index is 11.2. The van der Waals surface area contributed by atoms with Crippen molar-refractivity contribution in [3.05, 3.63) is 80.3 Å². The number of hydrogen-bond donors (Lipinski definition) is 1. The fourth-order valence-electron chi connectivity index (χ4n) is 3.59. The van der Waals surface area contributed by atoms with Gasteiger partial charge < -0.3 is 14.4 Å². The van der Waals surface area contributed by atoms with E-state index in [1.54, 1.807) is 24.3 Å². The van der Waals surface area contributed by atoms with Gasteiger partial charge in [-0.3, -0.25) is 0 Å². The molecule has 0 unspecified atom stereocenters. The fraction of sp³-hybridized carbons (Fsp3) is 0.200. The van der Waals surface area contributed by atoms with Crippen molar-refractivity contribution in [2.24, 2.45) is 0 Å². The molecule has 0 aliphatic heterocycles. The van der Waals surface area contributed by atoms with Gasteiger partial charge in [0, 0.05) is 16.4 Å². The third-order valence-electron chi connectivity index (χ3n) is 5.21. The lowest BCUT2D eigenvalue weighted by atomic mass is 10.0. The van der Waals surface area contributed by atoms with Crippen LogP contribution in [0.25, 0.3) is 21.7 Å². The van der Waals surface area contributed by atoms with Gasteiger partial charge in [0.05, 0.1) is 15.6 Å². The summed E-state index contributed by atoms with van der Waals surface area (Å²) in [6.07, 6.45) is 0. The topological polar surface area (TPSA) is 72.6 Å². The number of aryl methyl sites for hydroxylation is 1. The Bertz CT molecular complexity index is 1310. The Hall–Kier alpha value is -2.80. The van der Waals surface area contributed by atoms with Crippen molar-refractivity contribution in [3.63, 3.8) is 0 Å². The quantitative estimate of drug-likeness (QED) is 0.277. The highest BCUT2D eigenvalue weighted by Gasteiger charge is 2.24. The van der Waals surface area contributed by atoms with Crippen molar-refractivity contribution < 1.29 is 19.2 Å². The van der Waals surface area contributed by atoms with Crippen molar-refractivity contribution in [3.8, 4) is 27.4 Å². The first-order chi connectivity index (χ1) is 15.8. The Labute approximate surface area is 205 Å². The number of benzene rings is 2. The van der Waals surface area contributed by atoms with Gasteiger partial charge in [-0.05, 0) is 60.5 Å². The molecule has 2 aromatic heterocycles. The van der Waals surface area contributed by atoms with Crippen LogP contribution in [0.4, 0.5) is 0 Å². The number of aromatic nitrogens is 1. The van der Waals surface area contributed by atoms with Crippen LogP contribution < -0.4 is 4.74 Å². The second-order valence-electron chi connectivity index (χ2n) is 7.86. The third kappa shape index (κ3) is 4.78. The van der Waals surface area contributed by atoms with Crippen molar-refractivity contribution in [2.75, 3.05) is 0 Å². The number of carbonyl (C=O) groups is 1. The van der Waals surface area contributed by atoms with E-state index in [9.17, 15) is 9.90 Å². The van der Waals surface area contributed by atoms with Crippen molar-refractivity contribution >= 4 is 40.5 Å². The number of ether oxygens (including phenoxy) is 1. The largest absolute Gasteiger partial charge is 0.489 e. The molecule has 8 heteroatoms. The molecule has 5 nitrogen and oxygen atoms in total. The first kappa shape index (κ1) is 23.4. The summed E-state index contributed by atoms with van der Waals surface area (Å²) in [7, 11) is 0. The Morgan fingerprint density at radius 1 is 1.15 bits per heavy atom. The number of carboxylic acids is 1. The van der Waals surface area contributed by atoms with Crippen LogP contribution in [0, 0.1) is 6.92 Å². The molecule has 1 N–H and O–H groups in total. The molecule has 0 saturated carbocycles. The van der Waals surface area contributed by atoms with Crippen molar-refractivity contribution in [2.45, 2.75) is 33.3 Å². The highest BCUT2D eigenvalue weighted by Crippen LogP contribution is 2.39. The maximum Gasteiger partial charge on any atom is 0.345 e. The number of nitrogens with zero attached hydrogens (tertiary/aromatic N) is 1. The highest BCUT2D eigenvalue weighted by atomic mass is 35.5. The van der Waals surface area contributed by atoms with E-state index in [1.807, 2.05) is 45.0 Å². The molecule has 0 atom stereocenters. The molecule has 0 fully saturated rings. The number of carboxylic acid groups (broad SMARTS) is 1. The predicted molar refractivity (Wildman–Crippen MR) is 132 cm³/mol. The second kappa shape index (κ2) is 9.59. The van der Waals surface area contributed by atoms with Gasteiger partial charge in [0.2, 0.25) is 0 Å². The van der Waals surface area contributed by atoms with Crippen LogP contribution in [0.5, 0.6) is 5.75 Å². The van der Waals surface area contributed by atoms with Crippen molar-refractivity contribution in [1.29, 1.82) is 0 Å². The third-order valence-corrected chi connectivity index (χ3v) is 6.94. The molecule has 170 valence electrons. The van der Waals surface area contributed by atoms with Gasteiger partial charge in [0.15, 0.2) is 0 Å². The minimum absolute atomic E-state index is 0.0949. The molecule has 2 heterocycles. The highest BCUT2D eigenvalue weighted by molar-refractivity contribution is 7.17. The molecule has 0 radical (unpaired) electrons. The summed E-state index contributed by atoms with van der Waals surface area (Å²) >= 11 is 14.1. The number of thiophene rings is 1. The van der Waals surface area contributed by atoms with Gasteiger partial charge in [-0.25, -0.2) is 4.79 Å². The summed E-state index contributed by atoms with van der Waals surface area (Å²) in [4.78, 5) is 12.4. The summed E-state index contributed by atoms with van der Waals surface area (Å²) in [5.74, 6) is 0.568. The monoisotopic (exact) mass is 501 g/mol. The van der Waals surface area contributed by atoms with Gasteiger partial charge in [0.1, 0.15) is 28.7 Å². The Morgan fingerprint density at radius 3 is 2.48 bits per heavy atom. The Balaban J connectivity index is 1.62.